The Morgan fingerprint density at radius 1 is 1.36 bits per heavy atom. The number of primary amides is 1. The molecule has 0 aliphatic carbocycles. The van der Waals surface area contributed by atoms with Gasteiger partial charge in [-0.05, 0) is 37.6 Å². The van der Waals surface area contributed by atoms with E-state index in [-0.39, 0.29) is 11.6 Å². The van der Waals surface area contributed by atoms with Crippen LogP contribution in [0.2, 0.25) is 0 Å². The Morgan fingerprint density at radius 2 is 2.04 bits per heavy atom. The number of thioether (sulfide) groups is 1. The van der Waals surface area contributed by atoms with E-state index in [2.05, 4.69) is 15.5 Å². The van der Waals surface area contributed by atoms with Gasteiger partial charge in [0.15, 0.2) is 5.16 Å². The fourth-order valence-electron chi connectivity index (χ4n) is 2.08. The van der Waals surface area contributed by atoms with Crippen LogP contribution in [0, 0.1) is 0 Å². The average Bonchev–Trinajstić information content (AvgIpc) is 2.93. The minimum absolute atomic E-state index is 0.227. The lowest BCUT2D eigenvalue weighted by Crippen LogP contribution is -2.24. The molecular weight excluding hydrogens is 342 g/mol. The number of nitrogens with zero attached hydrogens (tertiary/aromatic N) is 2. The van der Waals surface area contributed by atoms with E-state index in [1.807, 2.05) is 6.92 Å². The van der Waals surface area contributed by atoms with Crippen molar-refractivity contribution in [2.45, 2.75) is 43.6 Å². The normalized spacial score (nSPS) is 11.9. The number of hydrogen-bond donors (Lipinski definition) is 3. The first-order chi connectivity index (χ1) is 11.9. The van der Waals surface area contributed by atoms with Gasteiger partial charge in [-0.25, -0.2) is 9.89 Å². The maximum Gasteiger partial charge on any atom is 0.343 e. The van der Waals surface area contributed by atoms with E-state index in [1.165, 1.54) is 11.8 Å². The standard InChI is InChI=1S/C16H21N5O3S/c1-3-4-9-21-15(24)19-20-16(21)25-10(2)14(23)18-12-7-5-11(6-8-12)13(17)22/h5-8,10H,3-4,9H2,1-2H3,(H2,17,22)(H,18,23)(H,19,24)/t10-/m1/s1. The van der Waals surface area contributed by atoms with Gasteiger partial charge >= 0.3 is 5.69 Å². The summed E-state index contributed by atoms with van der Waals surface area (Å²) in [6, 6.07) is 6.32. The number of carbonyl (C=O) groups is 2. The zero-order valence-electron chi connectivity index (χ0n) is 14.1. The second-order valence-corrected chi connectivity index (χ2v) is 6.82. The van der Waals surface area contributed by atoms with Crippen molar-refractivity contribution in [3.8, 4) is 0 Å². The van der Waals surface area contributed by atoms with E-state index in [4.69, 9.17) is 5.73 Å². The van der Waals surface area contributed by atoms with Crippen LogP contribution in [0.5, 0.6) is 0 Å². The molecule has 0 saturated carbocycles. The molecule has 0 radical (unpaired) electrons. The van der Waals surface area contributed by atoms with E-state index in [9.17, 15) is 14.4 Å². The van der Waals surface area contributed by atoms with Crippen LogP contribution in [0.4, 0.5) is 5.69 Å². The van der Waals surface area contributed by atoms with E-state index in [0.717, 1.165) is 12.8 Å². The molecule has 0 aliphatic rings. The molecule has 1 aromatic heterocycles. The smallest absolute Gasteiger partial charge is 0.343 e. The van der Waals surface area contributed by atoms with Gasteiger partial charge in [0.05, 0.1) is 5.25 Å². The molecule has 8 nitrogen and oxygen atoms in total. The third kappa shape index (κ3) is 4.96. The van der Waals surface area contributed by atoms with Gasteiger partial charge < -0.3 is 11.1 Å². The lowest BCUT2D eigenvalue weighted by atomic mass is 10.2. The number of unbranched alkanes of at least 4 members (excludes halogenated alkanes) is 1. The lowest BCUT2D eigenvalue weighted by molar-refractivity contribution is -0.115. The Balaban J connectivity index is 2.01. The number of nitrogens with one attached hydrogen (secondary N) is 2. The zero-order chi connectivity index (χ0) is 18.4. The molecule has 134 valence electrons. The van der Waals surface area contributed by atoms with Crippen molar-refractivity contribution in [2.75, 3.05) is 5.32 Å². The lowest BCUT2D eigenvalue weighted by Gasteiger charge is -2.12. The molecule has 2 amide bonds. The van der Waals surface area contributed by atoms with Crippen LogP contribution >= 0.6 is 11.8 Å². The summed E-state index contributed by atoms with van der Waals surface area (Å²) in [5.74, 6) is -0.750. The number of carbonyl (C=O) groups excluding carboxylic acids is 2. The van der Waals surface area contributed by atoms with E-state index in [0.29, 0.717) is 23.0 Å². The highest BCUT2D eigenvalue weighted by molar-refractivity contribution is 8.00. The highest BCUT2D eigenvalue weighted by Crippen LogP contribution is 2.21. The Bertz CT molecular complexity index is 797. The largest absolute Gasteiger partial charge is 0.366 e. The molecule has 4 N–H and O–H groups in total. The topological polar surface area (TPSA) is 123 Å². The number of rotatable bonds is 8. The summed E-state index contributed by atoms with van der Waals surface area (Å²) in [6.07, 6.45) is 1.82. The molecule has 9 heteroatoms. The molecule has 2 rings (SSSR count). The molecule has 0 spiro atoms. The van der Waals surface area contributed by atoms with Gasteiger partial charge in [-0.3, -0.25) is 14.2 Å². The summed E-state index contributed by atoms with van der Waals surface area (Å²) >= 11 is 1.21. The van der Waals surface area contributed by atoms with Gasteiger partial charge in [-0.15, -0.1) is 5.10 Å². The van der Waals surface area contributed by atoms with Gasteiger partial charge in [0.25, 0.3) is 0 Å². The maximum absolute atomic E-state index is 12.3. The molecule has 25 heavy (non-hydrogen) atoms. The highest BCUT2D eigenvalue weighted by Gasteiger charge is 2.19. The fraction of sp³-hybridized carbons (Fsp3) is 0.375. The van der Waals surface area contributed by atoms with Gasteiger partial charge in [-0.1, -0.05) is 25.1 Å². The molecule has 1 atom stereocenters. The average molecular weight is 363 g/mol. The van der Waals surface area contributed by atoms with E-state index >= 15 is 0 Å². The number of H-pyrrole nitrogens is 1. The van der Waals surface area contributed by atoms with Crippen molar-refractivity contribution in [1.82, 2.24) is 14.8 Å². The third-order valence-corrected chi connectivity index (χ3v) is 4.64. The van der Waals surface area contributed by atoms with Crippen LogP contribution in [-0.2, 0) is 11.3 Å². The molecule has 0 unspecified atom stereocenters. The summed E-state index contributed by atoms with van der Waals surface area (Å²) < 4.78 is 1.54. The Hall–Kier alpha value is -2.55. The molecule has 0 aliphatic heterocycles. The predicted molar refractivity (Wildman–Crippen MR) is 96.7 cm³/mol. The van der Waals surface area contributed by atoms with Crippen LogP contribution in [-0.4, -0.2) is 31.8 Å². The third-order valence-electron chi connectivity index (χ3n) is 3.55. The number of hydrogen-bond acceptors (Lipinski definition) is 5. The van der Waals surface area contributed by atoms with Crippen LogP contribution in [0.1, 0.15) is 37.0 Å². The van der Waals surface area contributed by atoms with Crippen molar-refractivity contribution in [3.05, 3.63) is 40.3 Å². The summed E-state index contributed by atoms with van der Waals surface area (Å²) in [4.78, 5) is 35.1. The van der Waals surface area contributed by atoms with Crippen molar-refractivity contribution < 1.29 is 9.59 Å². The monoisotopic (exact) mass is 363 g/mol. The van der Waals surface area contributed by atoms with E-state index in [1.54, 1.807) is 35.8 Å². The number of aromatic amines is 1. The Kier molecular flexibility index (Phi) is 6.40. The van der Waals surface area contributed by atoms with Gasteiger partial charge in [-0.2, -0.15) is 0 Å². The quantitative estimate of drug-likeness (QED) is 0.615. The summed E-state index contributed by atoms with van der Waals surface area (Å²) in [5, 5.41) is 9.20. The highest BCUT2D eigenvalue weighted by atomic mass is 32.2. The Labute approximate surface area is 149 Å². The number of anilines is 1. The van der Waals surface area contributed by atoms with Crippen molar-refractivity contribution in [2.24, 2.45) is 5.73 Å². The summed E-state index contributed by atoms with van der Waals surface area (Å²) in [7, 11) is 0. The molecular formula is C16H21N5O3S. The molecule has 0 fully saturated rings. The number of aromatic nitrogens is 3. The van der Waals surface area contributed by atoms with Gasteiger partial charge in [0, 0.05) is 17.8 Å². The number of benzene rings is 1. The second-order valence-electron chi connectivity index (χ2n) is 5.51. The molecule has 1 heterocycles. The number of nitrogens with two attached hydrogens (primary N) is 1. The minimum Gasteiger partial charge on any atom is -0.366 e. The van der Waals surface area contributed by atoms with Gasteiger partial charge in [0.2, 0.25) is 11.8 Å². The summed E-state index contributed by atoms with van der Waals surface area (Å²) in [5.41, 5.74) is 5.85. The Morgan fingerprint density at radius 3 is 2.64 bits per heavy atom. The minimum atomic E-state index is -0.523. The van der Waals surface area contributed by atoms with Crippen molar-refractivity contribution in [1.29, 1.82) is 0 Å². The van der Waals surface area contributed by atoms with Crippen molar-refractivity contribution in [3.63, 3.8) is 0 Å². The first-order valence-electron chi connectivity index (χ1n) is 7.95. The van der Waals surface area contributed by atoms with Crippen LogP contribution < -0.4 is 16.7 Å². The van der Waals surface area contributed by atoms with E-state index < -0.39 is 11.2 Å². The zero-order valence-corrected chi connectivity index (χ0v) is 14.9. The van der Waals surface area contributed by atoms with Crippen LogP contribution in [0.25, 0.3) is 0 Å². The van der Waals surface area contributed by atoms with Crippen molar-refractivity contribution >= 4 is 29.3 Å². The fourth-order valence-corrected chi connectivity index (χ4v) is 2.96. The SMILES string of the molecule is CCCCn1c(S[C@H](C)C(=O)Nc2ccc(C(N)=O)cc2)n[nH]c1=O. The predicted octanol–water partition coefficient (Wildman–Crippen LogP) is 1.59. The first kappa shape index (κ1) is 18.8. The molecule has 0 bridgehead atoms. The first-order valence-corrected chi connectivity index (χ1v) is 8.83. The van der Waals surface area contributed by atoms with Crippen LogP contribution in [0.15, 0.2) is 34.2 Å². The molecule has 0 saturated heterocycles. The molecule has 2 aromatic rings. The maximum atomic E-state index is 12.3. The number of amides is 2. The van der Waals surface area contributed by atoms with Crippen LogP contribution in [0.3, 0.4) is 0 Å². The second kappa shape index (κ2) is 8.52. The molecule has 1 aromatic carbocycles. The van der Waals surface area contributed by atoms with Gasteiger partial charge in [0.1, 0.15) is 0 Å². The summed E-state index contributed by atoms with van der Waals surface area (Å²) in [6.45, 7) is 4.34.